The van der Waals surface area contributed by atoms with Gasteiger partial charge in [-0.15, -0.1) is 0 Å². The van der Waals surface area contributed by atoms with Gasteiger partial charge in [-0.3, -0.25) is 4.79 Å². The standard InChI is InChI=1S/C33H27OS.C2H6/c1-25-12-18-30(19-13-25)35(31-20-14-27(15-21-31)24-26-8-4-2-5-9-26)32-22-16-29(17-23-32)33(34)28-10-6-3-7-11-28;1-2/h2-23H,24H2,1H3;1-2H3/q+1;. The molecule has 1 atom stereocenters. The maximum atomic E-state index is 12.9. The monoisotopic (exact) mass is 501 g/mol. The molecule has 0 aliphatic carbocycles. The number of aryl methyl sites for hydroxylation is 1. The summed E-state index contributed by atoms with van der Waals surface area (Å²) in [5.74, 6) is 0.0534. The van der Waals surface area contributed by atoms with E-state index in [9.17, 15) is 4.79 Å². The molecule has 5 aromatic carbocycles. The van der Waals surface area contributed by atoms with Crippen LogP contribution >= 0.6 is 0 Å². The van der Waals surface area contributed by atoms with Gasteiger partial charge in [0.25, 0.3) is 0 Å². The molecule has 0 aliphatic rings. The molecule has 0 radical (unpaired) electrons. The number of rotatable bonds is 7. The molecular formula is C35H33OS+. The van der Waals surface area contributed by atoms with Crippen LogP contribution < -0.4 is 0 Å². The first-order valence-electron chi connectivity index (χ1n) is 12.8. The molecule has 0 N–H and O–H groups in total. The minimum Gasteiger partial charge on any atom is -0.289 e. The first-order chi connectivity index (χ1) is 18.2. The maximum Gasteiger partial charge on any atom is 0.193 e. The molecule has 184 valence electrons. The van der Waals surface area contributed by atoms with Crippen LogP contribution in [0.25, 0.3) is 0 Å². The van der Waals surface area contributed by atoms with Gasteiger partial charge in [0.15, 0.2) is 20.5 Å². The third-order valence-electron chi connectivity index (χ3n) is 6.05. The van der Waals surface area contributed by atoms with E-state index >= 15 is 0 Å². The minimum atomic E-state index is -0.255. The van der Waals surface area contributed by atoms with Gasteiger partial charge in [0, 0.05) is 11.1 Å². The Morgan fingerprint density at radius 3 is 1.46 bits per heavy atom. The lowest BCUT2D eigenvalue weighted by Gasteiger charge is -2.10. The van der Waals surface area contributed by atoms with Gasteiger partial charge in [0.05, 0.1) is 10.9 Å². The van der Waals surface area contributed by atoms with Crippen LogP contribution in [0, 0.1) is 6.92 Å². The molecule has 5 aromatic rings. The molecule has 37 heavy (non-hydrogen) atoms. The van der Waals surface area contributed by atoms with E-state index in [-0.39, 0.29) is 16.7 Å². The van der Waals surface area contributed by atoms with Gasteiger partial charge >= 0.3 is 0 Å². The molecule has 0 spiro atoms. The molecule has 0 aliphatic heterocycles. The number of ketones is 1. The Morgan fingerprint density at radius 2 is 0.919 bits per heavy atom. The van der Waals surface area contributed by atoms with Crippen molar-refractivity contribution in [3.05, 3.63) is 161 Å². The Bertz CT molecular complexity index is 1390. The second kappa shape index (κ2) is 12.9. The van der Waals surface area contributed by atoms with Crippen LogP contribution in [-0.4, -0.2) is 5.78 Å². The van der Waals surface area contributed by atoms with E-state index in [1.165, 1.54) is 31.4 Å². The van der Waals surface area contributed by atoms with Gasteiger partial charge in [-0.1, -0.05) is 104 Å². The summed E-state index contributed by atoms with van der Waals surface area (Å²) < 4.78 is 0. The molecule has 0 saturated carbocycles. The molecule has 0 fully saturated rings. The predicted molar refractivity (Wildman–Crippen MR) is 157 cm³/mol. The average molecular weight is 502 g/mol. The Hall–Kier alpha value is -3.88. The fourth-order valence-corrected chi connectivity index (χ4v) is 6.20. The number of carbonyl (C=O) groups excluding carboxylic acids is 1. The second-order valence-corrected chi connectivity index (χ2v) is 10.7. The van der Waals surface area contributed by atoms with Crippen molar-refractivity contribution in [1.82, 2.24) is 0 Å². The quantitative estimate of drug-likeness (QED) is 0.161. The summed E-state index contributed by atoms with van der Waals surface area (Å²) in [6.07, 6.45) is 0.926. The Kier molecular flexibility index (Phi) is 9.13. The minimum absolute atomic E-state index is 0.0534. The van der Waals surface area contributed by atoms with E-state index < -0.39 is 0 Å². The van der Waals surface area contributed by atoms with E-state index in [0.29, 0.717) is 11.1 Å². The molecule has 1 unspecified atom stereocenters. The highest BCUT2D eigenvalue weighted by atomic mass is 32.2. The van der Waals surface area contributed by atoms with Crippen molar-refractivity contribution in [1.29, 1.82) is 0 Å². The first kappa shape index (κ1) is 26.2. The number of carbonyl (C=O) groups is 1. The van der Waals surface area contributed by atoms with Crippen molar-refractivity contribution in [2.24, 2.45) is 0 Å². The van der Waals surface area contributed by atoms with Crippen LogP contribution in [0.1, 0.15) is 46.5 Å². The summed E-state index contributed by atoms with van der Waals surface area (Å²) in [4.78, 5) is 16.6. The molecule has 0 bridgehead atoms. The van der Waals surface area contributed by atoms with Crippen LogP contribution in [0.4, 0.5) is 0 Å². The third-order valence-corrected chi connectivity index (χ3v) is 8.29. The van der Waals surface area contributed by atoms with Crippen molar-refractivity contribution in [3.63, 3.8) is 0 Å². The third kappa shape index (κ3) is 6.67. The van der Waals surface area contributed by atoms with E-state index in [1.54, 1.807) is 0 Å². The van der Waals surface area contributed by atoms with Gasteiger partial charge in [-0.05, 0) is 73.0 Å². The number of benzene rings is 5. The summed E-state index contributed by atoms with van der Waals surface area (Å²) >= 11 is 0. The summed E-state index contributed by atoms with van der Waals surface area (Å²) in [5, 5.41) is 0. The lowest BCUT2D eigenvalue weighted by atomic mass is 10.0. The fourth-order valence-electron chi connectivity index (χ4n) is 4.16. The fraction of sp³-hybridized carbons (Fsp3) is 0.114. The van der Waals surface area contributed by atoms with Crippen LogP contribution in [0.15, 0.2) is 148 Å². The largest absolute Gasteiger partial charge is 0.289 e. The van der Waals surface area contributed by atoms with Crippen molar-refractivity contribution >= 4 is 16.7 Å². The second-order valence-electron chi connectivity index (χ2n) is 8.65. The molecule has 0 heterocycles. The van der Waals surface area contributed by atoms with Crippen LogP contribution in [-0.2, 0) is 17.3 Å². The Morgan fingerprint density at radius 1 is 0.514 bits per heavy atom. The zero-order chi connectivity index (χ0) is 26.0. The van der Waals surface area contributed by atoms with Gasteiger partial charge in [0.2, 0.25) is 0 Å². The summed E-state index contributed by atoms with van der Waals surface area (Å²) in [6, 6.07) is 45.9. The van der Waals surface area contributed by atoms with Crippen molar-refractivity contribution < 1.29 is 4.79 Å². The molecule has 5 rings (SSSR count). The van der Waals surface area contributed by atoms with E-state index in [0.717, 1.165) is 6.42 Å². The molecule has 2 heteroatoms. The van der Waals surface area contributed by atoms with Crippen LogP contribution in [0.5, 0.6) is 0 Å². The highest BCUT2D eigenvalue weighted by Gasteiger charge is 2.29. The predicted octanol–water partition coefficient (Wildman–Crippen LogP) is 8.94. The topological polar surface area (TPSA) is 17.1 Å². The maximum absolute atomic E-state index is 12.9. The highest BCUT2D eigenvalue weighted by molar-refractivity contribution is 7.97. The lowest BCUT2D eigenvalue weighted by molar-refractivity contribution is 0.103. The molecular weight excluding hydrogens is 468 g/mol. The average Bonchev–Trinajstić information content (AvgIpc) is 2.97. The normalized spacial score (nSPS) is 11.2. The molecule has 0 amide bonds. The summed E-state index contributed by atoms with van der Waals surface area (Å²) in [5.41, 5.74) is 5.30. The van der Waals surface area contributed by atoms with Gasteiger partial charge < -0.3 is 0 Å². The van der Waals surface area contributed by atoms with Gasteiger partial charge in [0.1, 0.15) is 0 Å². The first-order valence-corrected chi connectivity index (χ1v) is 14.0. The van der Waals surface area contributed by atoms with E-state index in [4.69, 9.17) is 0 Å². The van der Waals surface area contributed by atoms with E-state index in [2.05, 4.69) is 97.9 Å². The van der Waals surface area contributed by atoms with Crippen LogP contribution in [0.3, 0.4) is 0 Å². The van der Waals surface area contributed by atoms with Crippen LogP contribution in [0.2, 0.25) is 0 Å². The van der Waals surface area contributed by atoms with Crippen molar-refractivity contribution in [2.45, 2.75) is 41.9 Å². The zero-order valence-electron chi connectivity index (χ0n) is 21.7. The highest BCUT2D eigenvalue weighted by Crippen LogP contribution is 2.32. The lowest BCUT2D eigenvalue weighted by Crippen LogP contribution is -2.06. The smallest absolute Gasteiger partial charge is 0.193 e. The summed E-state index contributed by atoms with van der Waals surface area (Å²) in [6.45, 7) is 6.12. The van der Waals surface area contributed by atoms with E-state index in [1.807, 2.05) is 56.3 Å². The van der Waals surface area contributed by atoms with Crippen molar-refractivity contribution in [3.8, 4) is 0 Å². The Labute approximate surface area is 224 Å². The van der Waals surface area contributed by atoms with Crippen molar-refractivity contribution in [2.75, 3.05) is 0 Å². The molecule has 0 aromatic heterocycles. The molecule has 1 nitrogen and oxygen atoms in total. The SMILES string of the molecule is CC.Cc1ccc([S+](c2ccc(Cc3ccccc3)cc2)c2ccc(C(=O)c3ccccc3)cc2)cc1. The summed E-state index contributed by atoms with van der Waals surface area (Å²) in [7, 11) is -0.255. The van der Waals surface area contributed by atoms with Gasteiger partial charge in [-0.25, -0.2) is 0 Å². The zero-order valence-corrected chi connectivity index (χ0v) is 22.5. The Balaban J connectivity index is 0.00000156. The number of hydrogen-bond donors (Lipinski definition) is 0. The molecule has 0 saturated heterocycles. The number of hydrogen-bond acceptors (Lipinski definition) is 1. The van der Waals surface area contributed by atoms with Gasteiger partial charge in [-0.2, -0.15) is 0 Å².